The Labute approximate surface area is 158 Å². The Morgan fingerprint density at radius 1 is 1.19 bits per heavy atom. The van der Waals surface area contributed by atoms with E-state index in [1.54, 1.807) is 0 Å². The third kappa shape index (κ3) is 4.59. The highest BCUT2D eigenvalue weighted by Crippen LogP contribution is 2.32. The van der Waals surface area contributed by atoms with E-state index >= 15 is 0 Å². The lowest BCUT2D eigenvalue weighted by Crippen LogP contribution is -2.16. The Morgan fingerprint density at radius 3 is 2.63 bits per heavy atom. The van der Waals surface area contributed by atoms with E-state index in [0.717, 1.165) is 11.3 Å². The lowest BCUT2D eigenvalue weighted by Gasteiger charge is -2.08. The first kappa shape index (κ1) is 18.3. The van der Waals surface area contributed by atoms with Crippen LogP contribution in [-0.2, 0) is 11.3 Å². The molecule has 2 N–H and O–H groups in total. The number of nitrogens with zero attached hydrogens (tertiary/aromatic N) is 1. The molecule has 0 atom stereocenters. The molecule has 0 saturated carbocycles. The van der Waals surface area contributed by atoms with Crippen molar-refractivity contribution in [2.75, 3.05) is 12.1 Å². The van der Waals surface area contributed by atoms with E-state index in [4.69, 9.17) is 9.47 Å². The molecule has 0 aliphatic carbocycles. The molecule has 2 aromatic rings. The summed E-state index contributed by atoms with van der Waals surface area (Å²) in [5.74, 6) is 1.38. The number of anilines is 1. The summed E-state index contributed by atoms with van der Waals surface area (Å²) in [4.78, 5) is 12.3. The molecule has 27 heavy (non-hydrogen) atoms. The van der Waals surface area contributed by atoms with Crippen molar-refractivity contribution in [1.82, 2.24) is 5.32 Å². The van der Waals surface area contributed by atoms with Gasteiger partial charge >= 0.3 is 0 Å². The number of amides is 1. The quantitative estimate of drug-likeness (QED) is 0.604. The summed E-state index contributed by atoms with van der Waals surface area (Å²) >= 11 is 0. The van der Waals surface area contributed by atoms with Crippen molar-refractivity contribution < 1.29 is 14.3 Å². The number of fused-ring (bicyclic) bond motifs is 1. The number of benzene rings is 2. The van der Waals surface area contributed by atoms with Gasteiger partial charge in [0.05, 0.1) is 0 Å². The van der Waals surface area contributed by atoms with Gasteiger partial charge in [0.2, 0.25) is 6.79 Å². The molecule has 0 fully saturated rings. The molecule has 2 aromatic carbocycles. The van der Waals surface area contributed by atoms with Crippen LogP contribution in [0.4, 0.5) is 5.69 Å². The Balaban J connectivity index is 1.58. The number of nitriles is 1. The molecule has 0 unspecified atom stereocenters. The summed E-state index contributed by atoms with van der Waals surface area (Å²) in [6.07, 6.45) is 1.42. The van der Waals surface area contributed by atoms with E-state index in [-0.39, 0.29) is 12.4 Å². The van der Waals surface area contributed by atoms with Crippen LogP contribution in [0.3, 0.4) is 0 Å². The third-order valence-electron chi connectivity index (χ3n) is 4.19. The van der Waals surface area contributed by atoms with Crippen molar-refractivity contribution in [3.8, 4) is 17.6 Å². The lowest BCUT2D eigenvalue weighted by molar-refractivity contribution is -0.112. The lowest BCUT2D eigenvalue weighted by atomic mass is 10.0. The molecule has 0 radical (unpaired) electrons. The van der Waals surface area contributed by atoms with Gasteiger partial charge in [-0.3, -0.25) is 4.79 Å². The predicted molar refractivity (Wildman–Crippen MR) is 102 cm³/mol. The van der Waals surface area contributed by atoms with Crippen LogP contribution in [0, 0.1) is 11.3 Å². The maximum Gasteiger partial charge on any atom is 0.267 e. The van der Waals surface area contributed by atoms with E-state index in [1.165, 1.54) is 11.8 Å². The molecule has 1 heterocycles. The van der Waals surface area contributed by atoms with Gasteiger partial charge in [-0.2, -0.15) is 5.26 Å². The van der Waals surface area contributed by atoms with Gasteiger partial charge in [0, 0.05) is 18.4 Å². The standard InChI is InChI=1S/C21H21N3O3/c1-14(2)16-4-6-18(7-5-16)24-21(25)17(10-22)12-23-11-15-3-8-19-20(9-15)27-13-26-19/h3-9,12,14,23H,11,13H2,1-2H3,(H,24,25)/b17-12-. The van der Waals surface area contributed by atoms with Crippen LogP contribution in [0.1, 0.15) is 30.9 Å². The van der Waals surface area contributed by atoms with Gasteiger partial charge in [-0.15, -0.1) is 0 Å². The Bertz CT molecular complexity index is 896. The number of carbonyl (C=O) groups excluding carboxylic acids is 1. The average Bonchev–Trinajstić information content (AvgIpc) is 3.13. The van der Waals surface area contributed by atoms with Crippen molar-refractivity contribution in [3.05, 3.63) is 65.4 Å². The van der Waals surface area contributed by atoms with Crippen molar-refractivity contribution in [3.63, 3.8) is 0 Å². The highest BCUT2D eigenvalue weighted by Gasteiger charge is 2.13. The Kier molecular flexibility index (Phi) is 5.62. The first-order valence-electron chi connectivity index (χ1n) is 8.70. The van der Waals surface area contributed by atoms with Gasteiger partial charge in [0.15, 0.2) is 11.5 Å². The van der Waals surface area contributed by atoms with Gasteiger partial charge in [0.1, 0.15) is 11.6 Å². The second-order valence-corrected chi connectivity index (χ2v) is 6.47. The molecular weight excluding hydrogens is 342 g/mol. The Morgan fingerprint density at radius 2 is 1.93 bits per heavy atom. The van der Waals surface area contributed by atoms with Gasteiger partial charge in [-0.25, -0.2) is 0 Å². The minimum absolute atomic E-state index is 0.00341. The second kappa shape index (κ2) is 8.28. The van der Waals surface area contributed by atoms with Crippen LogP contribution in [0.15, 0.2) is 54.2 Å². The molecule has 138 valence electrons. The monoisotopic (exact) mass is 363 g/mol. The largest absolute Gasteiger partial charge is 0.454 e. The van der Waals surface area contributed by atoms with E-state index < -0.39 is 5.91 Å². The molecule has 0 spiro atoms. The highest BCUT2D eigenvalue weighted by molar-refractivity contribution is 6.06. The highest BCUT2D eigenvalue weighted by atomic mass is 16.7. The number of nitrogens with one attached hydrogen (secondary N) is 2. The maximum absolute atomic E-state index is 12.3. The molecule has 0 bridgehead atoms. The van der Waals surface area contributed by atoms with Gasteiger partial charge in [-0.1, -0.05) is 32.0 Å². The Hall–Kier alpha value is -3.46. The van der Waals surface area contributed by atoms with Crippen molar-refractivity contribution >= 4 is 11.6 Å². The van der Waals surface area contributed by atoms with Crippen LogP contribution in [0.25, 0.3) is 0 Å². The SMILES string of the molecule is CC(C)c1ccc(NC(=O)/C(C#N)=C\NCc2ccc3c(c2)OCO3)cc1. The van der Waals surface area contributed by atoms with Gasteiger partial charge in [0.25, 0.3) is 5.91 Å². The molecule has 6 heteroatoms. The average molecular weight is 363 g/mol. The van der Waals surface area contributed by atoms with Crippen LogP contribution >= 0.6 is 0 Å². The molecule has 1 aliphatic rings. The number of hydrogen-bond donors (Lipinski definition) is 2. The number of hydrogen-bond acceptors (Lipinski definition) is 5. The summed E-state index contributed by atoms with van der Waals surface area (Å²) in [5, 5.41) is 15.0. The molecule has 3 rings (SSSR count). The zero-order chi connectivity index (χ0) is 19.2. The van der Waals surface area contributed by atoms with Crippen molar-refractivity contribution in [1.29, 1.82) is 5.26 Å². The summed E-state index contributed by atoms with van der Waals surface area (Å²) < 4.78 is 10.6. The summed E-state index contributed by atoms with van der Waals surface area (Å²) in [7, 11) is 0. The number of ether oxygens (including phenoxy) is 2. The minimum Gasteiger partial charge on any atom is -0.454 e. The number of carbonyl (C=O) groups is 1. The van der Waals surface area contributed by atoms with Crippen LogP contribution in [0.5, 0.6) is 11.5 Å². The predicted octanol–water partition coefficient (Wildman–Crippen LogP) is 3.67. The topological polar surface area (TPSA) is 83.4 Å². The fraction of sp³-hybridized carbons (Fsp3) is 0.238. The molecule has 1 amide bonds. The van der Waals surface area contributed by atoms with Crippen molar-refractivity contribution in [2.45, 2.75) is 26.3 Å². The van der Waals surface area contributed by atoms with Crippen molar-refractivity contribution in [2.24, 2.45) is 0 Å². The second-order valence-electron chi connectivity index (χ2n) is 6.47. The van der Waals surface area contributed by atoms with Gasteiger partial charge in [-0.05, 0) is 41.3 Å². The van der Waals surface area contributed by atoms with E-state index in [0.29, 0.717) is 23.9 Å². The zero-order valence-corrected chi connectivity index (χ0v) is 15.3. The first-order valence-corrected chi connectivity index (χ1v) is 8.70. The van der Waals surface area contributed by atoms with Crippen LogP contribution in [-0.4, -0.2) is 12.7 Å². The fourth-order valence-corrected chi connectivity index (χ4v) is 2.62. The molecule has 0 aromatic heterocycles. The van der Waals surface area contributed by atoms with E-state index in [1.807, 2.05) is 48.5 Å². The van der Waals surface area contributed by atoms with Gasteiger partial charge < -0.3 is 20.1 Å². The normalized spacial score (nSPS) is 12.6. The minimum atomic E-state index is -0.451. The summed E-state index contributed by atoms with van der Waals surface area (Å²) in [6.45, 7) is 4.90. The molecule has 6 nitrogen and oxygen atoms in total. The first-order chi connectivity index (χ1) is 13.1. The summed E-state index contributed by atoms with van der Waals surface area (Å²) in [6, 6.07) is 15.1. The fourth-order valence-electron chi connectivity index (χ4n) is 2.62. The third-order valence-corrected chi connectivity index (χ3v) is 4.19. The molecule has 0 saturated heterocycles. The van der Waals surface area contributed by atoms with E-state index in [2.05, 4.69) is 24.5 Å². The van der Waals surface area contributed by atoms with E-state index in [9.17, 15) is 10.1 Å². The summed E-state index contributed by atoms with van der Waals surface area (Å²) in [5.41, 5.74) is 2.80. The van der Waals surface area contributed by atoms with Crippen LogP contribution < -0.4 is 20.1 Å². The molecular formula is C21H21N3O3. The maximum atomic E-state index is 12.3. The zero-order valence-electron chi connectivity index (χ0n) is 15.3. The smallest absolute Gasteiger partial charge is 0.267 e. The molecule has 1 aliphatic heterocycles. The van der Waals surface area contributed by atoms with Crippen LogP contribution in [0.2, 0.25) is 0 Å². The number of rotatable bonds is 6.